The smallest absolute Gasteiger partial charge is 0.315 e. The molecule has 2 aromatic carbocycles. The van der Waals surface area contributed by atoms with Gasteiger partial charge in [-0.1, -0.05) is 30.3 Å². The Bertz CT molecular complexity index is 653. The number of benzene rings is 2. The van der Waals surface area contributed by atoms with E-state index in [1.54, 1.807) is 24.3 Å². The molecule has 2 aromatic rings. The second-order valence-electron chi connectivity index (χ2n) is 5.26. The predicted molar refractivity (Wildman–Crippen MR) is 92.0 cm³/mol. The van der Waals surface area contributed by atoms with Crippen LogP contribution in [-0.2, 0) is 20.7 Å². The molecule has 2 rings (SSSR count). The van der Waals surface area contributed by atoms with E-state index in [9.17, 15) is 9.59 Å². The Balaban J connectivity index is 1.71. The molecule has 0 saturated carbocycles. The fraction of sp³-hybridized carbons (Fsp3) is 0.263. The summed E-state index contributed by atoms with van der Waals surface area (Å²) in [5, 5.41) is 2.63. The lowest BCUT2D eigenvalue weighted by molar-refractivity contribution is -0.142. The summed E-state index contributed by atoms with van der Waals surface area (Å²) in [6, 6.07) is 17.3. The summed E-state index contributed by atoms with van der Waals surface area (Å²) < 4.78 is 10.1. The number of hydrogen-bond donors (Lipinski definition) is 1. The molecule has 126 valence electrons. The molecule has 5 nitrogen and oxygen atoms in total. The van der Waals surface area contributed by atoms with Crippen molar-refractivity contribution in [1.29, 1.82) is 0 Å². The molecule has 0 heterocycles. The van der Waals surface area contributed by atoms with Gasteiger partial charge in [0.15, 0.2) is 0 Å². The van der Waals surface area contributed by atoms with Gasteiger partial charge in [-0.2, -0.15) is 0 Å². The number of amides is 1. The Hall–Kier alpha value is -2.82. The summed E-state index contributed by atoms with van der Waals surface area (Å²) >= 11 is 0. The molecule has 0 aliphatic rings. The van der Waals surface area contributed by atoms with Gasteiger partial charge in [-0.25, -0.2) is 0 Å². The highest BCUT2D eigenvalue weighted by molar-refractivity contribution is 6.01. The Morgan fingerprint density at radius 2 is 1.71 bits per heavy atom. The molecule has 24 heavy (non-hydrogen) atoms. The van der Waals surface area contributed by atoms with Crippen molar-refractivity contribution in [3.05, 3.63) is 60.2 Å². The van der Waals surface area contributed by atoms with E-state index in [1.807, 2.05) is 18.2 Å². The molecule has 5 heteroatoms. The van der Waals surface area contributed by atoms with Gasteiger partial charge in [0.05, 0.1) is 13.7 Å². The third-order valence-corrected chi connectivity index (χ3v) is 3.39. The van der Waals surface area contributed by atoms with E-state index in [0.29, 0.717) is 12.3 Å². The standard InChI is InChI=1S/C19H21NO4/c1-23-19(22)14-18(21)20-16-9-11-17(12-10-16)24-13-5-8-15-6-3-2-4-7-15/h2-4,6-7,9-12H,5,8,13-14H2,1H3,(H,20,21). The van der Waals surface area contributed by atoms with Crippen LogP contribution in [0.15, 0.2) is 54.6 Å². The summed E-state index contributed by atoms with van der Waals surface area (Å²) in [6.45, 7) is 0.628. The van der Waals surface area contributed by atoms with E-state index in [1.165, 1.54) is 12.7 Å². The van der Waals surface area contributed by atoms with Crippen LogP contribution in [0.2, 0.25) is 0 Å². The SMILES string of the molecule is COC(=O)CC(=O)Nc1ccc(OCCCc2ccccc2)cc1. The van der Waals surface area contributed by atoms with Crippen LogP contribution in [0.25, 0.3) is 0 Å². The van der Waals surface area contributed by atoms with Crippen LogP contribution in [0, 0.1) is 0 Å². The first-order valence-corrected chi connectivity index (χ1v) is 7.81. The number of aryl methyl sites for hydroxylation is 1. The van der Waals surface area contributed by atoms with Gasteiger partial charge in [0.25, 0.3) is 0 Å². The molecule has 0 bridgehead atoms. The highest BCUT2D eigenvalue weighted by Gasteiger charge is 2.09. The van der Waals surface area contributed by atoms with Crippen molar-refractivity contribution in [1.82, 2.24) is 0 Å². The van der Waals surface area contributed by atoms with E-state index in [-0.39, 0.29) is 6.42 Å². The average molecular weight is 327 g/mol. The molecule has 1 N–H and O–H groups in total. The highest BCUT2D eigenvalue weighted by Crippen LogP contribution is 2.16. The maximum Gasteiger partial charge on any atom is 0.315 e. The maximum absolute atomic E-state index is 11.6. The van der Waals surface area contributed by atoms with Gasteiger partial charge < -0.3 is 14.8 Å². The van der Waals surface area contributed by atoms with Crippen LogP contribution < -0.4 is 10.1 Å². The number of anilines is 1. The lowest BCUT2D eigenvalue weighted by atomic mass is 10.1. The third-order valence-electron chi connectivity index (χ3n) is 3.39. The predicted octanol–water partition coefficient (Wildman–Crippen LogP) is 3.20. The quantitative estimate of drug-likeness (QED) is 0.459. The van der Waals surface area contributed by atoms with Crippen molar-refractivity contribution in [3.63, 3.8) is 0 Å². The summed E-state index contributed by atoms with van der Waals surface area (Å²) in [5.74, 6) is -0.224. The minimum absolute atomic E-state index is 0.297. The lowest BCUT2D eigenvalue weighted by Crippen LogP contribution is -2.17. The zero-order chi connectivity index (χ0) is 17.2. The van der Waals surface area contributed by atoms with Crippen LogP contribution in [-0.4, -0.2) is 25.6 Å². The van der Waals surface area contributed by atoms with Crippen LogP contribution >= 0.6 is 0 Å². The minimum atomic E-state index is -0.564. The Morgan fingerprint density at radius 3 is 2.38 bits per heavy atom. The largest absolute Gasteiger partial charge is 0.494 e. The molecule has 0 aromatic heterocycles. The number of carbonyl (C=O) groups is 2. The van der Waals surface area contributed by atoms with Gasteiger partial charge in [0.1, 0.15) is 12.2 Å². The van der Waals surface area contributed by atoms with Crippen LogP contribution in [0.1, 0.15) is 18.4 Å². The Labute approximate surface area is 141 Å². The molecular formula is C19H21NO4. The second-order valence-corrected chi connectivity index (χ2v) is 5.26. The van der Waals surface area contributed by atoms with E-state index in [0.717, 1.165) is 18.6 Å². The third kappa shape index (κ3) is 6.12. The molecule has 0 unspecified atom stereocenters. The number of ether oxygens (including phenoxy) is 2. The molecule has 0 fully saturated rings. The summed E-state index contributed by atoms with van der Waals surface area (Å²) in [5.41, 5.74) is 1.91. The van der Waals surface area contributed by atoms with Gasteiger partial charge >= 0.3 is 5.97 Å². The van der Waals surface area contributed by atoms with Crippen molar-refractivity contribution in [2.24, 2.45) is 0 Å². The fourth-order valence-corrected chi connectivity index (χ4v) is 2.15. The summed E-state index contributed by atoms with van der Waals surface area (Å²) in [4.78, 5) is 22.6. The molecule has 0 saturated heterocycles. The Kier molecular flexibility index (Phi) is 6.83. The van der Waals surface area contributed by atoms with Gasteiger partial charge in [-0.15, -0.1) is 0 Å². The van der Waals surface area contributed by atoms with Gasteiger partial charge in [-0.05, 0) is 42.7 Å². The van der Waals surface area contributed by atoms with Gasteiger partial charge in [0.2, 0.25) is 5.91 Å². The van der Waals surface area contributed by atoms with Crippen molar-refractivity contribution < 1.29 is 19.1 Å². The first-order valence-electron chi connectivity index (χ1n) is 7.81. The zero-order valence-electron chi connectivity index (χ0n) is 13.7. The Morgan fingerprint density at radius 1 is 1.00 bits per heavy atom. The van der Waals surface area contributed by atoms with E-state index < -0.39 is 11.9 Å². The normalized spacial score (nSPS) is 10.0. The molecular weight excluding hydrogens is 306 g/mol. The van der Waals surface area contributed by atoms with E-state index in [2.05, 4.69) is 22.2 Å². The monoisotopic (exact) mass is 327 g/mol. The fourth-order valence-electron chi connectivity index (χ4n) is 2.15. The highest BCUT2D eigenvalue weighted by atomic mass is 16.5. The number of nitrogens with one attached hydrogen (secondary N) is 1. The maximum atomic E-state index is 11.6. The minimum Gasteiger partial charge on any atom is -0.494 e. The number of carbonyl (C=O) groups excluding carboxylic acids is 2. The zero-order valence-corrected chi connectivity index (χ0v) is 13.7. The van der Waals surface area contributed by atoms with Crippen LogP contribution in [0.3, 0.4) is 0 Å². The molecule has 0 atom stereocenters. The van der Waals surface area contributed by atoms with Gasteiger partial charge in [0, 0.05) is 5.69 Å². The van der Waals surface area contributed by atoms with E-state index >= 15 is 0 Å². The first-order chi connectivity index (χ1) is 11.7. The van der Waals surface area contributed by atoms with E-state index in [4.69, 9.17) is 4.74 Å². The van der Waals surface area contributed by atoms with Crippen molar-refractivity contribution in [2.75, 3.05) is 19.0 Å². The van der Waals surface area contributed by atoms with Gasteiger partial charge in [-0.3, -0.25) is 9.59 Å². The molecule has 0 spiro atoms. The molecule has 0 aliphatic carbocycles. The number of hydrogen-bond acceptors (Lipinski definition) is 4. The average Bonchev–Trinajstić information content (AvgIpc) is 2.61. The lowest BCUT2D eigenvalue weighted by Gasteiger charge is -2.08. The first kappa shape index (κ1) is 17.5. The van der Waals surface area contributed by atoms with Crippen LogP contribution in [0.4, 0.5) is 5.69 Å². The molecule has 0 radical (unpaired) electrons. The van der Waals surface area contributed by atoms with Crippen LogP contribution in [0.5, 0.6) is 5.75 Å². The number of rotatable bonds is 8. The summed E-state index contributed by atoms with van der Waals surface area (Å²) in [6.07, 6.45) is 1.61. The topological polar surface area (TPSA) is 64.6 Å². The number of esters is 1. The second kappa shape index (κ2) is 9.35. The van der Waals surface area contributed by atoms with Crippen molar-refractivity contribution >= 4 is 17.6 Å². The number of methoxy groups -OCH3 is 1. The van der Waals surface area contributed by atoms with Crippen molar-refractivity contribution in [2.45, 2.75) is 19.3 Å². The van der Waals surface area contributed by atoms with Crippen molar-refractivity contribution in [3.8, 4) is 5.75 Å². The summed E-state index contributed by atoms with van der Waals surface area (Å²) in [7, 11) is 1.25. The molecule has 0 aliphatic heterocycles. The molecule has 1 amide bonds.